The van der Waals surface area contributed by atoms with E-state index in [0.29, 0.717) is 25.3 Å². The lowest BCUT2D eigenvalue weighted by Gasteiger charge is -2.40. The molecule has 1 aliphatic heterocycles. The van der Waals surface area contributed by atoms with Gasteiger partial charge in [-0.15, -0.1) is 0 Å². The average Bonchev–Trinajstić information content (AvgIpc) is 2.58. The van der Waals surface area contributed by atoms with Crippen LogP contribution in [0.2, 0.25) is 0 Å². The Hall–Kier alpha value is -2.57. The summed E-state index contributed by atoms with van der Waals surface area (Å²) in [6.45, 7) is 0.827. The Balaban J connectivity index is 1.89. The Labute approximate surface area is 138 Å². The molecule has 5 nitrogen and oxygen atoms in total. The van der Waals surface area contributed by atoms with E-state index < -0.39 is 23.0 Å². The summed E-state index contributed by atoms with van der Waals surface area (Å²) in [7, 11) is 0. The van der Waals surface area contributed by atoms with Gasteiger partial charge < -0.3 is 10.0 Å². The number of carbonyl (C=O) groups is 1. The van der Waals surface area contributed by atoms with Crippen molar-refractivity contribution < 1.29 is 18.7 Å². The van der Waals surface area contributed by atoms with E-state index in [1.165, 1.54) is 6.07 Å². The molecule has 1 atom stereocenters. The van der Waals surface area contributed by atoms with Gasteiger partial charge in [0.15, 0.2) is 0 Å². The minimum absolute atomic E-state index is 0.00220. The van der Waals surface area contributed by atoms with E-state index in [-0.39, 0.29) is 18.5 Å². The molecule has 1 aliphatic rings. The molecular formula is C17H17F2N3O2. The van der Waals surface area contributed by atoms with Crippen molar-refractivity contribution in [2.24, 2.45) is 5.41 Å². The van der Waals surface area contributed by atoms with Gasteiger partial charge in [0.2, 0.25) is 5.95 Å². The van der Waals surface area contributed by atoms with Crippen LogP contribution in [0.5, 0.6) is 0 Å². The normalized spacial score (nSPS) is 20.8. The first kappa shape index (κ1) is 16.3. The maximum absolute atomic E-state index is 14.0. The van der Waals surface area contributed by atoms with E-state index >= 15 is 0 Å². The highest BCUT2D eigenvalue weighted by Crippen LogP contribution is 2.36. The predicted octanol–water partition coefficient (Wildman–Crippen LogP) is 2.67. The first-order valence-corrected chi connectivity index (χ1v) is 7.69. The number of aliphatic carboxylic acids is 1. The highest BCUT2D eigenvalue weighted by Gasteiger charge is 2.43. The summed E-state index contributed by atoms with van der Waals surface area (Å²) < 4.78 is 27.1. The molecule has 2 heterocycles. The topological polar surface area (TPSA) is 66.3 Å². The van der Waals surface area contributed by atoms with E-state index in [4.69, 9.17) is 0 Å². The van der Waals surface area contributed by atoms with Gasteiger partial charge in [-0.1, -0.05) is 6.07 Å². The molecule has 0 saturated carbocycles. The van der Waals surface area contributed by atoms with Gasteiger partial charge in [-0.2, -0.15) is 0 Å². The molecule has 2 aromatic rings. The van der Waals surface area contributed by atoms with Crippen LogP contribution in [-0.4, -0.2) is 34.1 Å². The zero-order valence-corrected chi connectivity index (χ0v) is 13.0. The van der Waals surface area contributed by atoms with Crippen molar-refractivity contribution in [1.82, 2.24) is 9.97 Å². The zero-order valence-electron chi connectivity index (χ0n) is 13.0. The first-order chi connectivity index (χ1) is 11.5. The van der Waals surface area contributed by atoms with Crippen LogP contribution in [0.1, 0.15) is 18.4 Å². The highest BCUT2D eigenvalue weighted by atomic mass is 19.1. The number of benzene rings is 1. The lowest BCUT2D eigenvalue weighted by Crippen LogP contribution is -2.49. The quantitative estimate of drug-likeness (QED) is 0.932. The van der Waals surface area contributed by atoms with Crippen molar-refractivity contribution in [1.29, 1.82) is 0 Å². The van der Waals surface area contributed by atoms with Crippen LogP contribution < -0.4 is 4.90 Å². The van der Waals surface area contributed by atoms with Crippen LogP contribution in [0.3, 0.4) is 0 Å². The fourth-order valence-corrected chi connectivity index (χ4v) is 3.18. The molecule has 3 rings (SSSR count). The van der Waals surface area contributed by atoms with E-state index in [9.17, 15) is 18.7 Å². The molecule has 0 bridgehead atoms. The largest absolute Gasteiger partial charge is 0.481 e. The molecule has 0 spiro atoms. The van der Waals surface area contributed by atoms with Crippen LogP contribution in [0.15, 0.2) is 36.7 Å². The standard InChI is InChI=1S/C17H17F2N3O2/c18-13-4-3-12(14(19)9-13)10-17(15(23)24)5-1-8-22(11-17)16-20-6-2-7-21-16/h2-4,6-7,9H,1,5,8,10-11H2,(H,23,24). The highest BCUT2D eigenvalue weighted by molar-refractivity contribution is 5.76. The second-order valence-corrected chi connectivity index (χ2v) is 6.07. The Morgan fingerprint density at radius 3 is 2.71 bits per heavy atom. The fourth-order valence-electron chi connectivity index (χ4n) is 3.18. The minimum Gasteiger partial charge on any atom is -0.481 e. The van der Waals surface area contributed by atoms with Gasteiger partial charge >= 0.3 is 5.97 Å². The zero-order chi connectivity index (χ0) is 17.2. The van der Waals surface area contributed by atoms with Crippen molar-refractivity contribution in [3.05, 3.63) is 53.9 Å². The molecule has 1 unspecified atom stereocenters. The number of rotatable bonds is 4. The van der Waals surface area contributed by atoms with E-state index in [0.717, 1.165) is 12.1 Å². The summed E-state index contributed by atoms with van der Waals surface area (Å²) in [6.07, 6.45) is 4.24. The second-order valence-electron chi connectivity index (χ2n) is 6.07. The van der Waals surface area contributed by atoms with Gasteiger partial charge in [0, 0.05) is 31.5 Å². The lowest BCUT2D eigenvalue weighted by molar-refractivity contribution is -0.149. The van der Waals surface area contributed by atoms with Crippen LogP contribution in [0.25, 0.3) is 0 Å². The van der Waals surface area contributed by atoms with Crippen LogP contribution in [0, 0.1) is 17.0 Å². The number of halogens is 2. The maximum Gasteiger partial charge on any atom is 0.311 e. The van der Waals surface area contributed by atoms with E-state index in [1.807, 2.05) is 0 Å². The first-order valence-electron chi connectivity index (χ1n) is 7.69. The van der Waals surface area contributed by atoms with Crippen LogP contribution >= 0.6 is 0 Å². The molecule has 1 saturated heterocycles. The molecule has 0 radical (unpaired) electrons. The fraction of sp³-hybridized carbons (Fsp3) is 0.353. The van der Waals surface area contributed by atoms with Crippen molar-refractivity contribution >= 4 is 11.9 Å². The van der Waals surface area contributed by atoms with Gasteiger partial charge in [0.1, 0.15) is 11.6 Å². The number of aromatic nitrogens is 2. The van der Waals surface area contributed by atoms with Crippen molar-refractivity contribution in [2.75, 3.05) is 18.0 Å². The summed E-state index contributed by atoms with van der Waals surface area (Å²) in [4.78, 5) is 22.1. The van der Waals surface area contributed by atoms with Gasteiger partial charge in [-0.05, 0) is 37.0 Å². The molecule has 1 N–H and O–H groups in total. The summed E-state index contributed by atoms with van der Waals surface area (Å²) in [5.41, 5.74) is -0.953. The number of carboxylic acids is 1. The summed E-state index contributed by atoms with van der Waals surface area (Å²) in [5, 5.41) is 9.80. The molecule has 126 valence electrons. The van der Waals surface area contributed by atoms with Gasteiger partial charge in [0.25, 0.3) is 0 Å². The molecule has 0 amide bonds. The van der Waals surface area contributed by atoms with Crippen molar-refractivity contribution in [3.63, 3.8) is 0 Å². The smallest absolute Gasteiger partial charge is 0.311 e. The summed E-state index contributed by atoms with van der Waals surface area (Å²) in [6, 6.07) is 4.93. The monoisotopic (exact) mass is 333 g/mol. The third-order valence-corrected chi connectivity index (χ3v) is 4.41. The van der Waals surface area contributed by atoms with Gasteiger partial charge in [-0.3, -0.25) is 4.79 Å². The lowest BCUT2D eigenvalue weighted by atomic mass is 9.75. The Morgan fingerprint density at radius 1 is 1.29 bits per heavy atom. The molecule has 0 aliphatic carbocycles. The number of nitrogens with zero attached hydrogens (tertiary/aromatic N) is 3. The second kappa shape index (κ2) is 6.51. The third kappa shape index (κ3) is 3.20. The van der Waals surface area contributed by atoms with Gasteiger partial charge in [0.05, 0.1) is 5.41 Å². The maximum atomic E-state index is 14.0. The molecule has 1 aromatic heterocycles. The number of hydrogen-bond donors (Lipinski definition) is 1. The number of hydrogen-bond acceptors (Lipinski definition) is 4. The SMILES string of the molecule is O=C(O)C1(Cc2ccc(F)cc2F)CCCN(c2ncccn2)C1. The third-order valence-electron chi connectivity index (χ3n) is 4.41. The molecule has 1 aromatic carbocycles. The van der Waals surface area contributed by atoms with E-state index in [2.05, 4.69) is 9.97 Å². The predicted molar refractivity (Wildman–Crippen MR) is 83.6 cm³/mol. The minimum atomic E-state index is -1.16. The van der Waals surface area contributed by atoms with Gasteiger partial charge in [-0.25, -0.2) is 18.7 Å². The average molecular weight is 333 g/mol. The summed E-state index contributed by atoms with van der Waals surface area (Å²) in [5.74, 6) is -1.93. The Bertz CT molecular complexity index is 742. The van der Waals surface area contributed by atoms with Crippen molar-refractivity contribution in [2.45, 2.75) is 19.3 Å². The number of anilines is 1. The molecule has 1 fully saturated rings. The van der Waals surface area contributed by atoms with Crippen molar-refractivity contribution in [3.8, 4) is 0 Å². The van der Waals surface area contributed by atoms with E-state index in [1.54, 1.807) is 23.4 Å². The number of carboxylic acid groups (broad SMARTS) is 1. The molecule has 24 heavy (non-hydrogen) atoms. The van der Waals surface area contributed by atoms with Crippen LogP contribution in [0.4, 0.5) is 14.7 Å². The number of piperidine rings is 1. The Kier molecular flexibility index (Phi) is 4.42. The Morgan fingerprint density at radius 2 is 2.04 bits per heavy atom. The van der Waals surface area contributed by atoms with Crippen LogP contribution in [-0.2, 0) is 11.2 Å². The summed E-state index contributed by atoms with van der Waals surface area (Å²) >= 11 is 0. The molecule has 7 heteroatoms. The molecular weight excluding hydrogens is 316 g/mol.